The van der Waals surface area contributed by atoms with E-state index < -0.39 is 16.9 Å². The molecule has 4 aromatic rings. The van der Waals surface area contributed by atoms with Crippen LogP contribution in [0.5, 0.6) is 17.2 Å². The van der Waals surface area contributed by atoms with Gasteiger partial charge in [-0.15, -0.1) is 0 Å². The number of carbonyl (C=O) groups is 1. The Balaban J connectivity index is 1.46. The molecule has 0 saturated heterocycles. The number of benzene rings is 2. The molecule has 0 bridgehead atoms. The van der Waals surface area contributed by atoms with Crippen molar-refractivity contribution in [2.45, 2.75) is 19.9 Å². The van der Waals surface area contributed by atoms with Gasteiger partial charge in [-0.3, -0.25) is 19.5 Å². The van der Waals surface area contributed by atoms with Crippen molar-refractivity contribution in [3.05, 3.63) is 101 Å². The monoisotopic (exact) mass is 589 g/mol. The van der Waals surface area contributed by atoms with Crippen LogP contribution in [0.3, 0.4) is 0 Å². The molecule has 12 nitrogen and oxygen atoms in total. The molecule has 4 heterocycles. The minimum absolute atomic E-state index is 0.0779. The number of non-ortho nitro benzene ring substituents is 1. The highest BCUT2D eigenvalue weighted by Gasteiger charge is 2.34. The number of ether oxygens (including phenoxy) is 4. The number of aromatic nitrogens is 1. The second-order valence-corrected chi connectivity index (χ2v) is 10.3. The van der Waals surface area contributed by atoms with Crippen LogP contribution in [0.15, 0.2) is 74.0 Å². The fourth-order valence-electron chi connectivity index (χ4n) is 4.90. The Kier molecular flexibility index (Phi) is 6.86. The Hall–Kier alpha value is -5.17. The third-order valence-corrected chi connectivity index (χ3v) is 7.77. The van der Waals surface area contributed by atoms with Gasteiger partial charge in [-0.1, -0.05) is 17.4 Å². The van der Waals surface area contributed by atoms with Crippen LogP contribution in [-0.4, -0.2) is 36.0 Å². The lowest BCUT2D eigenvalue weighted by atomic mass is 9.95. The van der Waals surface area contributed by atoms with Crippen molar-refractivity contribution in [1.82, 2.24) is 4.57 Å². The van der Waals surface area contributed by atoms with Gasteiger partial charge in [0.15, 0.2) is 16.3 Å². The molecule has 2 aliphatic heterocycles. The first-order valence-electron chi connectivity index (χ1n) is 12.8. The number of furan rings is 1. The number of thiazole rings is 1. The van der Waals surface area contributed by atoms with Crippen molar-refractivity contribution in [2.75, 3.05) is 20.5 Å². The number of esters is 1. The number of nitro groups is 1. The average Bonchev–Trinajstić information content (AvgIpc) is 3.71. The fourth-order valence-corrected chi connectivity index (χ4v) is 5.92. The van der Waals surface area contributed by atoms with E-state index in [0.29, 0.717) is 54.9 Å². The Bertz CT molecular complexity index is 1970. The maximum atomic E-state index is 13.9. The Morgan fingerprint density at radius 2 is 2.00 bits per heavy atom. The molecule has 42 heavy (non-hydrogen) atoms. The van der Waals surface area contributed by atoms with Crippen molar-refractivity contribution < 1.29 is 33.1 Å². The second-order valence-electron chi connectivity index (χ2n) is 9.26. The minimum atomic E-state index is -0.821. The van der Waals surface area contributed by atoms with E-state index in [-0.39, 0.29) is 30.2 Å². The molecule has 1 atom stereocenters. The van der Waals surface area contributed by atoms with Gasteiger partial charge < -0.3 is 23.4 Å². The molecule has 2 aromatic carbocycles. The predicted octanol–water partition coefficient (Wildman–Crippen LogP) is 3.70. The summed E-state index contributed by atoms with van der Waals surface area (Å²) in [5.41, 5.74) is 1.19. The van der Waals surface area contributed by atoms with Crippen molar-refractivity contribution in [2.24, 2.45) is 4.99 Å². The van der Waals surface area contributed by atoms with E-state index >= 15 is 0 Å². The van der Waals surface area contributed by atoms with Crippen LogP contribution in [0, 0.1) is 10.1 Å². The zero-order valence-corrected chi connectivity index (χ0v) is 23.4. The molecule has 0 radical (unpaired) electrons. The van der Waals surface area contributed by atoms with E-state index in [1.165, 1.54) is 29.9 Å². The van der Waals surface area contributed by atoms with Crippen LogP contribution in [0.25, 0.3) is 17.4 Å². The van der Waals surface area contributed by atoms with Crippen LogP contribution in [-0.2, 0) is 9.53 Å². The van der Waals surface area contributed by atoms with Gasteiger partial charge in [0, 0.05) is 18.2 Å². The maximum absolute atomic E-state index is 13.9. The molecule has 2 aromatic heterocycles. The first-order valence-corrected chi connectivity index (χ1v) is 13.6. The summed E-state index contributed by atoms with van der Waals surface area (Å²) in [7, 11) is 1.46. The van der Waals surface area contributed by atoms with Crippen molar-refractivity contribution in [3.8, 4) is 28.6 Å². The molecule has 0 N–H and O–H groups in total. The van der Waals surface area contributed by atoms with Gasteiger partial charge in [0.2, 0.25) is 6.79 Å². The summed E-state index contributed by atoms with van der Waals surface area (Å²) in [5.74, 6) is 1.56. The average molecular weight is 590 g/mol. The Labute approximate surface area is 241 Å². The van der Waals surface area contributed by atoms with E-state index in [9.17, 15) is 19.7 Å². The molecule has 0 unspecified atom stereocenters. The molecule has 2 aliphatic rings. The van der Waals surface area contributed by atoms with Gasteiger partial charge >= 0.3 is 5.97 Å². The molecule has 0 aliphatic carbocycles. The highest BCUT2D eigenvalue weighted by atomic mass is 32.1. The number of nitrogens with zero attached hydrogens (tertiary/aromatic N) is 3. The summed E-state index contributed by atoms with van der Waals surface area (Å²) in [6.07, 6.45) is 1.57. The number of hydrogen-bond donors (Lipinski definition) is 0. The third kappa shape index (κ3) is 4.63. The first kappa shape index (κ1) is 27.0. The second kappa shape index (κ2) is 10.7. The molecule has 214 valence electrons. The fraction of sp³-hybridized carbons (Fsp3) is 0.207. The number of fused-ring (bicyclic) bond motifs is 2. The zero-order chi connectivity index (χ0) is 29.5. The maximum Gasteiger partial charge on any atom is 0.338 e. The van der Waals surface area contributed by atoms with E-state index in [1.54, 1.807) is 50.3 Å². The van der Waals surface area contributed by atoms with Crippen LogP contribution in [0.1, 0.15) is 31.2 Å². The number of rotatable bonds is 7. The predicted molar refractivity (Wildman–Crippen MR) is 150 cm³/mol. The lowest BCUT2D eigenvalue weighted by molar-refractivity contribution is -0.384. The summed E-state index contributed by atoms with van der Waals surface area (Å²) in [4.78, 5) is 42.8. The Morgan fingerprint density at radius 3 is 2.76 bits per heavy atom. The van der Waals surface area contributed by atoms with Gasteiger partial charge in [-0.2, -0.15) is 0 Å². The molecular formula is C29H23N3O9S. The molecule has 13 heteroatoms. The molecule has 0 spiro atoms. The topological polar surface area (TPSA) is 145 Å². The molecule has 0 saturated carbocycles. The number of hydrogen-bond acceptors (Lipinski definition) is 11. The summed E-state index contributed by atoms with van der Waals surface area (Å²) in [6, 6.07) is 11.9. The lowest BCUT2D eigenvalue weighted by Gasteiger charge is -2.24. The van der Waals surface area contributed by atoms with Crippen molar-refractivity contribution in [3.63, 3.8) is 0 Å². The first-order chi connectivity index (χ1) is 20.3. The standard InChI is InChI=1S/C29H23N3O9S/c1-4-38-28(34)25-15(2)30-29-31(26(25)16-5-8-22-23(11-16)40-14-39-22)27(33)24(42-29)13-18-7-10-21(41-18)19-12-17(32(35)36)6-9-20(19)37-3/h5-13,26H,4,14H2,1-3H3/b24-13+/t26-/m0/s1. The summed E-state index contributed by atoms with van der Waals surface area (Å²) in [6.45, 7) is 3.65. The largest absolute Gasteiger partial charge is 0.496 e. The van der Waals surface area contributed by atoms with Crippen LogP contribution >= 0.6 is 11.3 Å². The van der Waals surface area contributed by atoms with Gasteiger partial charge in [-0.05, 0) is 49.7 Å². The molecule has 0 fully saturated rings. The Morgan fingerprint density at radius 1 is 1.19 bits per heavy atom. The zero-order valence-electron chi connectivity index (χ0n) is 22.6. The van der Waals surface area contributed by atoms with Crippen molar-refractivity contribution >= 4 is 29.1 Å². The summed E-state index contributed by atoms with van der Waals surface area (Å²) < 4.78 is 29.4. The summed E-state index contributed by atoms with van der Waals surface area (Å²) >= 11 is 1.14. The quantitative estimate of drug-likeness (QED) is 0.179. The molecule has 6 rings (SSSR count). The van der Waals surface area contributed by atoms with E-state index in [2.05, 4.69) is 4.99 Å². The minimum Gasteiger partial charge on any atom is -0.496 e. The number of methoxy groups -OCH3 is 1. The number of nitro benzene ring substituents is 1. The van der Waals surface area contributed by atoms with E-state index in [0.717, 1.165) is 11.3 Å². The van der Waals surface area contributed by atoms with Crippen LogP contribution in [0.2, 0.25) is 0 Å². The van der Waals surface area contributed by atoms with Crippen LogP contribution < -0.4 is 29.1 Å². The molecule has 0 amide bonds. The number of carbonyl (C=O) groups excluding carboxylic acids is 1. The smallest absolute Gasteiger partial charge is 0.338 e. The van der Waals surface area contributed by atoms with Gasteiger partial charge in [0.1, 0.15) is 17.3 Å². The molecular weight excluding hydrogens is 566 g/mol. The lowest BCUT2D eigenvalue weighted by Crippen LogP contribution is -2.39. The van der Waals surface area contributed by atoms with Gasteiger partial charge in [0.25, 0.3) is 11.2 Å². The highest BCUT2D eigenvalue weighted by Crippen LogP contribution is 2.38. The van der Waals surface area contributed by atoms with Crippen molar-refractivity contribution in [1.29, 1.82) is 0 Å². The SMILES string of the molecule is CCOC(=O)C1=C(C)N=c2s/c(=C/c3ccc(-c4cc([N+](=O)[O-])ccc4OC)o3)c(=O)n2[C@H]1c1ccc2c(c1)OCO2. The van der Waals surface area contributed by atoms with Crippen LogP contribution in [0.4, 0.5) is 5.69 Å². The number of allylic oxidation sites excluding steroid dienone is 1. The van der Waals surface area contributed by atoms with E-state index in [1.807, 2.05) is 0 Å². The van der Waals surface area contributed by atoms with E-state index in [4.69, 9.17) is 23.4 Å². The van der Waals surface area contributed by atoms with Gasteiger partial charge in [-0.25, -0.2) is 9.79 Å². The summed E-state index contributed by atoms with van der Waals surface area (Å²) in [5, 5.41) is 11.3. The third-order valence-electron chi connectivity index (χ3n) is 6.79. The van der Waals surface area contributed by atoms with Gasteiger partial charge in [0.05, 0.1) is 46.0 Å². The highest BCUT2D eigenvalue weighted by molar-refractivity contribution is 7.07. The normalized spacial score (nSPS) is 15.8.